The summed E-state index contributed by atoms with van der Waals surface area (Å²) in [5.74, 6) is 1.28. The molecule has 7 nitrogen and oxygen atoms in total. The van der Waals surface area contributed by atoms with Crippen LogP contribution in [0.5, 0.6) is 11.5 Å². The number of rotatable bonds is 7. The third kappa shape index (κ3) is 5.87. The summed E-state index contributed by atoms with van der Waals surface area (Å²) < 4.78 is 6.06. The summed E-state index contributed by atoms with van der Waals surface area (Å²) in [6.45, 7) is 5.71. The van der Waals surface area contributed by atoms with Gasteiger partial charge in [0, 0.05) is 26.1 Å². The zero-order chi connectivity index (χ0) is 24.9. The summed E-state index contributed by atoms with van der Waals surface area (Å²) in [5, 5.41) is 14.1. The fraction of sp³-hybridized carbons (Fsp3) is 0.321. The van der Waals surface area contributed by atoms with Gasteiger partial charge in [0.2, 0.25) is 0 Å². The average Bonchev–Trinajstić information content (AvgIpc) is 2.85. The number of carbonyl (C=O) groups excluding carboxylic acids is 1. The van der Waals surface area contributed by atoms with E-state index >= 15 is 0 Å². The highest BCUT2D eigenvalue weighted by molar-refractivity contribution is 5.99. The van der Waals surface area contributed by atoms with Gasteiger partial charge >= 0.3 is 0 Å². The van der Waals surface area contributed by atoms with E-state index in [0.29, 0.717) is 28.5 Å². The number of amides is 1. The minimum absolute atomic E-state index is 0. The molecule has 35 heavy (non-hydrogen) atoms. The van der Waals surface area contributed by atoms with Crippen LogP contribution < -0.4 is 15.4 Å². The van der Waals surface area contributed by atoms with E-state index in [1.54, 1.807) is 20.2 Å². The topological polar surface area (TPSA) is 90.3 Å². The van der Waals surface area contributed by atoms with Crippen LogP contribution in [0.15, 0.2) is 54.7 Å². The Bertz CT molecular complexity index is 1240. The van der Waals surface area contributed by atoms with Gasteiger partial charge in [0.15, 0.2) is 0 Å². The second-order valence-corrected chi connectivity index (χ2v) is 9.15. The molecule has 184 valence electrons. The highest BCUT2D eigenvalue weighted by Crippen LogP contribution is 2.30. The number of pyridine rings is 1. The lowest BCUT2D eigenvalue weighted by Gasteiger charge is -2.29. The van der Waals surface area contributed by atoms with Crippen molar-refractivity contribution in [3.05, 3.63) is 71.5 Å². The Balaban J connectivity index is 0.00000361. The normalized spacial score (nSPS) is 14.4. The molecule has 4 rings (SSSR count). The molecule has 2 heterocycles. The van der Waals surface area contributed by atoms with Gasteiger partial charge in [-0.15, -0.1) is 0 Å². The summed E-state index contributed by atoms with van der Waals surface area (Å²) in [7, 11) is 3.92. The molecule has 1 saturated heterocycles. The lowest BCUT2D eigenvalue weighted by molar-refractivity contribution is 0.0916. The maximum absolute atomic E-state index is 12.9. The molecule has 1 fully saturated rings. The van der Waals surface area contributed by atoms with Gasteiger partial charge in [0.1, 0.15) is 17.2 Å². The van der Waals surface area contributed by atoms with Crippen molar-refractivity contribution in [2.24, 2.45) is 0 Å². The second-order valence-electron chi connectivity index (χ2n) is 9.15. The molecule has 0 radical (unpaired) electrons. The summed E-state index contributed by atoms with van der Waals surface area (Å²) in [4.78, 5) is 19.5. The first kappa shape index (κ1) is 24.4. The van der Waals surface area contributed by atoms with Crippen LogP contribution in [0.1, 0.15) is 42.8 Å². The maximum Gasteiger partial charge on any atom is 0.251 e. The van der Waals surface area contributed by atoms with Gasteiger partial charge in [-0.05, 0) is 81.7 Å². The van der Waals surface area contributed by atoms with E-state index in [4.69, 9.17) is 10.1 Å². The van der Waals surface area contributed by atoms with Crippen LogP contribution in [0.2, 0.25) is 0 Å². The van der Waals surface area contributed by atoms with Crippen LogP contribution >= 0.6 is 0 Å². The molecule has 3 N–H and O–H groups in total. The summed E-state index contributed by atoms with van der Waals surface area (Å²) in [6.07, 6.45) is 3.60. The molecule has 1 aliphatic heterocycles. The molecule has 1 aliphatic rings. The van der Waals surface area contributed by atoms with Crippen LogP contribution in [0.4, 0.5) is 5.69 Å². The first-order valence-corrected chi connectivity index (χ1v) is 12.0. The fourth-order valence-corrected chi connectivity index (χ4v) is 4.38. The van der Waals surface area contributed by atoms with Crippen LogP contribution in [0, 0.1) is 12.3 Å². The van der Waals surface area contributed by atoms with Crippen LogP contribution in [0.3, 0.4) is 0 Å². The molecular weight excluding hydrogens is 438 g/mol. The summed E-state index contributed by atoms with van der Waals surface area (Å²) in [6, 6.07) is 15.9. The number of aromatic nitrogens is 1. The molecule has 0 unspecified atom stereocenters. The summed E-state index contributed by atoms with van der Waals surface area (Å²) >= 11 is 0. The Morgan fingerprint density at radius 1 is 1.11 bits per heavy atom. The maximum atomic E-state index is 12.9. The largest absolute Gasteiger partial charge is 0.456 e. The fourth-order valence-electron chi connectivity index (χ4n) is 4.38. The number of piperidine rings is 1. The Morgan fingerprint density at radius 2 is 1.86 bits per heavy atom. The molecule has 0 spiro atoms. The zero-order valence-corrected chi connectivity index (χ0v) is 20.8. The van der Waals surface area contributed by atoms with E-state index in [1.807, 2.05) is 55.5 Å². The van der Waals surface area contributed by atoms with Crippen LogP contribution in [-0.4, -0.2) is 54.7 Å². The molecular formula is C28H35N5O2. The molecule has 1 aromatic heterocycles. The van der Waals surface area contributed by atoms with Gasteiger partial charge in [-0.3, -0.25) is 4.79 Å². The number of likely N-dealkylation sites (tertiary alicyclic amines) is 1. The van der Waals surface area contributed by atoms with Crippen molar-refractivity contribution < 1.29 is 11.0 Å². The number of nitrogens with one attached hydrogen (secondary N) is 3. The van der Waals surface area contributed by atoms with E-state index in [9.17, 15) is 4.79 Å². The lowest BCUT2D eigenvalue weighted by atomic mass is 9.98. The number of ether oxygens (including phenoxy) is 1. The van der Waals surface area contributed by atoms with Crippen molar-refractivity contribution in [2.75, 3.05) is 32.5 Å². The minimum Gasteiger partial charge on any atom is -0.456 e. The lowest BCUT2D eigenvalue weighted by Crippen LogP contribution is -2.43. The quantitative estimate of drug-likeness (QED) is 0.403. The number of carbonyl (C=O) groups is 1. The van der Waals surface area contributed by atoms with Crippen molar-refractivity contribution >= 4 is 17.3 Å². The highest BCUT2D eigenvalue weighted by atomic mass is 16.5. The first-order chi connectivity index (χ1) is 16.8. The van der Waals surface area contributed by atoms with E-state index < -0.39 is 0 Å². The second kappa shape index (κ2) is 10.7. The molecule has 0 bridgehead atoms. The average molecular weight is 474 g/mol. The van der Waals surface area contributed by atoms with E-state index in [0.717, 1.165) is 48.3 Å². The van der Waals surface area contributed by atoms with Gasteiger partial charge < -0.3 is 25.7 Å². The van der Waals surface area contributed by atoms with Crippen molar-refractivity contribution in [1.82, 2.24) is 15.2 Å². The third-order valence-electron chi connectivity index (χ3n) is 6.42. The van der Waals surface area contributed by atoms with Crippen molar-refractivity contribution in [3.63, 3.8) is 0 Å². The van der Waals surface area contributed by atoms with Crippen molar-refractivity contribution in [3.8, 4) is 22.6 Å². The number of hydrogen-bond donors (Lipinski definition) is 3. The molecule has 0 atom stereocenters. The van der Waals surface area contributed by atoms with E-state index in [2.05, 4.69) is 27.6 Å². The van der Waals surface area contributed by atoms with Crippen molar-refractivity contribution in [1.29, 1.82) is 5.41 Å². The molecule has 7 heteroatoms. The predicted octanol–water partition coefficient (Wildman–Crippen LogP) is 5.35. The zero-order valence-electron chi connectivity index (χ0n) is 20.8. The molecule has 0 saturated carbocycles. The van der Waals surface area contributed by atoms with E-state index in [1.165, 1.54) is 0 Å². The number of nitrogens with zero attached hydrogens (tertiary/aromatic N) is 2. The van der Waals surface area contributed by atoms with Crippen molar-refractivity contribution in [2.45, 2.75) is 32.7 Å². The molecule has 0 aliphatic carbocycles. The van der Waals surface area contributed by atoms with Gasteiger partial charge in [-0.2, -0.15) is 0 Å². The van der Waals surface area contributed by atoms with Gasteiger partial charge in [-0.25, -0.2) is 4.98 Å². The molecule has 1 amide bonds. The van der Waals surface area contributed by atoms with Gasteiger partial charge in [0.05, 0.1) is 17.6 Å². The molecule has 3 aromatic rings. The number of benzene rings is 2. The number of hydrogen-bond acceptors (Lipinski definition) is 6. The third-order valence-corrected chi connectivity index (χ3v) is 6.42. The smallest absolute Gasteiger partial charge is 0.251 e. The molecule has 2 aromatic carbocycles. The SMILES string of the molecule is CNc1cc(Oc2cccc(-c3ccc(C(=O)NC4CCN(C)CC4)c(C)c3)c2)cnc1C(C)=N.[HH]. The minimum atomic E-state index is -0.00265. The Labute approximate surface area is 208 Å². The first-order valence-electron chi connectivity index (χ1n) is 12.0. The number of aryl methyl sites for hydroxylation is 1. The predicted molar refractivity (Wildman–Crippen MR) is 143 cm³/mol. The standard InChI is InChI=1S/C28H33N5O2.H2/c1-18-14-21(8-9-25(18)28(34)32-22-10-12-33(4)13-11-22)20-6-5-7-23(15-20)35-24-16-26(30-3)27(19(2)29)31-17-24;/h5-9,14-17,22,29-30H,10-13H2,1-4H3,(H,32,34);1H. The van der Waals surface area contributed by atoms with Gasteiger partial charge in [0.25, 0.3) is 5.91 Å². The Morgan fingerprint density at radius 3 is 2.54 bits per heavy atom. The summed E-state index contributed by atoms with van der Waals surface area (Å²) in [5.41, 5.74) is 5.42. The van der Waals surface area contributed by atoms with Crippen LogP contribution in [0.25, 0.3) is 11.1 Å². The Hall–Kier alpha value is -3.71. The number of anilines is 1. The van der Waals surface area contributed by atoms with E-state index in [-0.39, 0.29) is 13.4 Å². The highest BCUT2D eigenvalue weighted by Gasteiger charge is 2.20. The van der Waals surface area contributed by atoms with Gasteiger partial charge in [-0.1, -0.05) is 24.3 Å². The van der Waals surface area contributed by atoms with Crippen LogP contribution in [-0.2, 0) is 0 Å². The monoisotopic (exact) mass is 473 g/mol. The Kier molecular flexibility index (Phi) is 7.46.